The number of aromatic nitrogens is 2. The predicted molar refractivity (Wildman–Crippen MR) is 172 cm³/mol. The van der Waals surface area contributed by atoms with E-state index in [1.54, 1.807) is 27.0 Å². The smallest absolute Gasteiger partial charge is 0.429 e. The lowest BCUT2D eigenvalue weighted by Gasteiger charge is -2.31. The second kappa shape index (κ2) is 14.0. The second-order valence-electron chi connectivity index (χ2n) is 11.5. The maximum Gasteiger partial charge on any atom is 0.429 e. The van der Waals surface area contributed by atoms with Crippen molar-refractivity contribution < 1.29 is 19.1 Å². The molecule has 1 aliphatic heterocycles. The third kappa shape index (κ3) is 8.32. The minimum Gasteiger partial charge on any atom is -0.442 e. The van der Waals surface area contributed by atoms with Crippen LogP contribution < -0.4 is 15.6 Å². The van der Waals surface area contributed by atoms with Gasteiger partial charge in [0.05, 0.1) is 24.6 Å². The summed E-state index contributed by atoms with van der Waals surface area (Å²) < 4.78 is 11.1. The summed E-state index contributed by atoms with van der Waals surface area (Å²) in [4.78, 5) is 36.8. The van der Waals surface area contributed by atoms with Gasteiger partial charge in [-0.3, -0.25) is 5.43 Å². The topological polar surface area (TPSA) is 109 Å². The van der Waals surface area contributed by atoms with Crippen molar-refractivity contribution in [2.24, 2.45) is 0 Å². The van der Waals surface area contributed by atoms with Gasteiger partial charge in [-0.15, -0.1) is 0 Å². The highest BCUT2D eigenvalue weighted by atomic mass is 16.6. The molecular weight excluding hydrogens is 556 g/mol. The molecule has 228 valence electrons. The Balaban J connectivity index is 1.28. The van der Waals surface area contributed by atoms with Crippen LogP contribution in [0.4, 0.5) is 27.8 Å². The van der Waals surface area contributed by atoms with E-state index in [9.17, 15) is 9.59 Å². The number of ether oxygens (including phenoxy) is 2. The number of carbonyl (C=O) groups is 2. The Morgan fingerprint density at radius 2 is 1.66 bits per heavy atom. The fourth-order valence-corrected chi connectivity index (χ4v) is 4.77. The van der Waals surface area contributed by atoms with Crippen LogP contribution in [0.3, 0.4) is 0 Å². The Morgan fingerprint density at radius 3 is 2.32 bits per heavy atom. The second-order valence-corrected chi connectivity index (χ2v) is 11.5. The van der Waals surface area contributed by atoms with Gasteiger partial charge in [0.1, 0.15) is 17.9 Å². The van der Waals surface area contributed by atoms with Gasteiger partial charge in [-0.25, -0.2) is 19.8 Å². The summed E-state index contributed by atoms with van der Waals surface area (Å²) in [5, 5.41) is 4.53. The van der Waals surface area contributed by atoms with Crippen molar-refractivity contribution in [3.8, 4) is 11.3 Å². The minimum atomic E-state index is -0.787. The number of hydrazine groups is 1. The molecule has 1 aliphatic rings. The lowest BCUT2D eigenvalue weighted by molar-refractivity contribution is -0.112. The van der Waals surface area contributed by atoms with Crippen molar-refractivity contribution in [2.75, 3.05) is 41.9 Å². The number of hydrogen-bond acceptors (Lipinski definition) is 9. The normalized spacial score (nSPS) is 13.9. The molecule has 1 atom stereocenters. The Hall–Kier alpha value is -4.96. The van der Waals surface area contributed by atoms with Crippen molar-refractivity contribution in [3.05, 3.63) is 96.7 Å². The number of nitrogens with one attached hydrogen (secondary N) is 2. The van der Waals surface area contributed by atoms with Gasteiger partial charge >= 0.3 is 6.09 Å². The van der Waals surface area contributed by atoms with E-state index in [0.29, 0.717) is 18.1 Å². The molecule has 0 radical (unpaired) electrons. The first-order valence-corrected chi connectivity index (χ1v) is 14.7. The minimum absolute atomic E-state index is 0.335. The average Bonchev–Trinajstić information content (AvgIpc) is 3.03. The summed E-state index contributed by atoms with van der Waals surface area (Å²) >= 11 is 0. The van der Waals surface area contributed by atoms with Crippen LogP contribution in [0.2, 0.25) is 0 Å². The summed E-state index contributed by atoms with van der Waals surface area (Å²) in [6, 6.07) is 26.2. The van der Waals surface area contributed by atoms with Crippen LogP contribution in [0.15, 0.2) is 91.1 Å². The Bertz CT molecular complexity index is 1520. The third-order valence-corrected chi connectivity index (χ3v) is 6.95. The van der Waals surface area contributed by atoms with E-state index in [4.69, 9.17) is 14.5 Å². The molecule has 5 rings (SSSR count). The summed E-state index contributed by atoms with van der Waals surface area (Å²) in [6.07, 6.45) is 2.16. The summed E-state index contributed by atoms with van der Waals surface area (Å²) in [7, 11) is 0. The van der Waals surface area contributed by atoms with Gasteiger partial charge < -0.3 is 24.5 Å². The number of morpholine rings is 1. The lowest BCUT2D eigenvalue weighted by atomic mass is 10.1. The number of amides is 1. The van der Waals surface area contributed by atoms with Crippen LogP contribution in [0.25, 0.3) is 11.3 Å². The molecule has 2 heterocycles. The number of rotatable bonds is 10. The van der Waals surface area contributed by atoms with Crippen LogP contribution >= 0.6 is 0 Å². The number of hydrogen-bond donors (Lipinski definition) is 2. The first kappa shape index (κ1) is 30.5. The van der Waals surface area contributed by atoms with Crippen LogP contribution in [0, 0.1) is 0 Å². The first-order chi connectivity index (χ1) is 21.3. The zero-order valence-corrected chi connectivity index (χ0v) is 25.3. The van der Waals surface area contributed by atoms with E-state index < -0.39 is 17.7 Å². The van der Waals surface area contributed by atoms with Crippen LogP contribution in [0.5, 0.6) is 0 Å². The molecular formula is C34H38N6O4. The molecule has 0 aliphatic carbocycles. The maximum atomic E-state index is 13.2. The van der Waals surface area contributed by atoms with Gasteiger partial charge in [0, 0.05) is 42.6 Å². The standard InChI is InChI=1S/C34H38N6O4/c1-34(2,3)44-33(42)40(30(24-41)23-25-7-5-4-6-8-25)38-28-11-9-26(10-12-28)31-17-18-35-32(37-31)36-27-13-15-29(16-14-27)39-19-21-43-22-20-39/h4-18,24,30,38H,19-23H2,1-3H3,(H,35,36,37)/t30-/m0/s1. The van der Waals surface area contributed by atoms with Gasteiger partial charge in [0.25, 0.3) is 0 Å². The molecule has 0 spiro atoms. The van der Waals surface area contributed by atoms with E-state index in [1.807, 2.05) is 72.8 Å². The molecule has 44 heavy (non-hydrogen) atoms. The Morgan fingerprint density at radius 1 is 0.977 bits per heavy atom. The number of aldehydes is 1. The Kier molecular flexibility index (Phi) is 9.71. The molecule has 0 saturated carbocycles. The summed E-state index contributed by atoms with van der Waals surface area (Å²) in [6.45, 7) is 8.62. The van der Waals surface area contributed by atoms with E-state index >= 15 is 0 Å². The van der Waals surface area contributed by atoms with Crippen LogP contribution in [0.1, 0.15) is 26.3 Å². The molecule has 0 unspecified atom stereocenters. The first-order valence-electron chi connectivity index (χ1n) is 14.7. The quantitative estimate of drug-likeness (QED) is 0.166. The van der Waals surface area contributed by atoms with Gasteiger partial charge in [0.15, 0.2) is 0 Å². The zero-order valence-electron chi connectivity index (χ0n) is 25.3. The van der Waals surface area contributed by atoms with E-state index in [-0.39, 0.29) is 0 Å². The van der Waals surface area contributed by atoms with Gasteiger partial charge in [-0.05, 0) is 68.8 Å². The van der Waals surface area contributed by atoms with E-state index in [2.05, 4.69) is 32.8 Å². The third-order valence-electron chi connectivity index (χ3n) is 6.95. The summed E-state index contributed by atoms with van der Waals surface area (Å²) in [5.74, 6) is 0.481. The molecule has 10 nitrogen and oxygen atoms in total. The van der Waals surface area contributed by atoms with Crippen molar-refractivity contribution in [3.63, 3.8) is 0 Å². The number of carbonyl (C=O) groups excluding carboxylic acids is 2. The molecule has 2 N–H and O–H groups in total. The van der Waals surface area contributed by atoms with Crippen LogP contribution in [-0.2, 0) is 20.7 Å². The number of nitrogens with zero attached hydrogens (tertiary/aromatic N) is 4. The maximum absolute atomic E-state index is 13.2. The monoisotopic (exact) mass is 594 g/mol. The molecule has 1 fully saturated rings. The highest BCUT2D eigenvalue weighted by Crippen LogP contribution is 2.24. The summed E-state index contributed by atoms with van der Waals surface area (Å²) in [5.41, 5.74) is 7.56. The fourth-order valence-electron chi connectivity index (χ4n) is 4.77. The van der Waals surface area contributed by atoms with Gasteiger partial charge in [-0.2, -0.15) is 0 Å². The molecule has 4 aromatic rings. The van der Waals surface area contributed by atoms with Gasteiger partial charge in [-0.1, -0.05) is 42.5 Å². The van der Waals surface area contributed by atoms with Crippen molar-refractivity contribution in [1.82, 2.24) is 15.0 Å². The number of benzene rings is 3. The highest BCUT2D eigenvalue weighted by molar-refractivity contribution is 5.76. The van der Waals surface area contributed by atoms with Crippen molar-refractivity contribution >= 4 is 35.4 Å². The molecule has 1 amide bonds. The fraction of sp³-hybridized carbons (Fsp3) is 0.294. The van der Waals surface area contributed by atoms with Crippen LogP contribution in [-0.4, -0.2) is 65.3 Å². The largest absolute Gasteiger partial charge is 0.442 e. The van der Waals surface area contributed by atoms with E-state index in [0.717, 1.165) is 60.8 Å². The lowest BCUT2D eigenvalue weighted by Crippen LogP contribution is -2.48. The van der Waals surface area contributed by atoms with Crippen molar-refractivity contribution in [2.45, 2.75) is 38.8 Å². The molecule has 0 bridgehead atoms. The molecule has 3 aromatic carbocycles. The molecule has 1 aromatic heterocycles. The van der Waals surface area contributed by atoms with Gasteiger partial charge in [0.2, 0.25) is 5.95 Å². The highest BCUT2D eigenvalue weighted by Gasteiger charge is 2.29. The van der Waals surface area contributed by atoms with E-state index in [1.165, 1.54) is 5.01 Å². The Labute approximate surface area is 258 Å². The SMILES string of the molecule is CC(C)(C)OC(=O)N(Nc1ccc(-c2ccnc(Nc3ccc(N4CCOCC4)cc3)n2)cc1)[C@H](C=O)Cc1ccccc1. The number of anilines is 4. The molecule has 10 heteroatoms. The average molecular weight is 595 g/mol. The van der Waals surface area contributed by atoms with Crippen molar-refractivity contribution in [1.29, 1.82) is 0 Å². The predicted octanol–water partition coefficient (Wildman–Crippen LogP) is 6.10. The molecule has 1 saturated heterocycles. The zero-order chi connectivity index (χ0) is 30.9.